The highest BCUT2D eigenvalue weighted by atomic mass is 33.1. The predicted molar refractivity (Wildman–Crippen MR) is 99.9 cm³/mol. The Balaban J connectivity index is 1.42. The number of carbonyl (C=O) groups excluding carboxylic acids is 1. The molecule has 23 heavy (non-hydrogen) atoms. The maximum absolute atomic E-state index is 11.8. The number of aliphatic hydroxyl groups is 1. The zero-order valence-electron chi connectivity index (χ0n) is 14.0. The van der Waals surface area contributed by atoms with Crippen molar-refractivity contribution in [1.29, 1.82) is 0 Å². The molecule has 1 unspecified atom stereocenters. The molecule has 2 aliphatic rings. The number of aliphatic hydroxyl groups excluding tert-OH is 1. The number of nitrogens with one attached hydrogen (secondary N) is 1. The maximum atomic E-state index is 11.8. The first-order valence-electron chi connectivity index (χ1n) is 8.88. The lowest BCUT2D eigenvalue weighted by Gasteiger charge is -2.34. The summed E-state index contributed by atoms with van der Waals surface area (Å²) in [6.45, 7) is 6.83. The van der Waals surface area contributed by atoms with Gasteiger partial charge in [0.05, 0.1) is 6.61 Å². The SMILES string of the molecule is O=C(CCCCC1CCSS1)NCCN1CCN(CCO)CC1. The van der Waals surface area contributed by atoms with Crippen LogP contribution < -0.4 is 5.32 Å². The van der Waals surface area contributed by atoms with Crippen LogP contribution >= 0.6 is 21.6 Å². The van der Waals surface area contributed by atoms with Gasteiger partial charge in [-0.05, 0) is 19.3 Å². The Bertz CT molecular complexity index is 333. The summed E-state index contributed by atoms with van der Waals surface area (Å²) < 4.78 is 0. The van der Waals surface area contributed by atoms with Crippen molar-refractivity contribution in [2.24, 2.45) is 0 Å². The molecular weight excluding hydrogens is 330 g/mol. The van der Waals surface area contributed by atoms with Crippen molar-refractivity contribution in [2.45, 2.75) is 37.4 Å². The summed E-state index contributed by atoms with van der Waals surface area (Å²) in [7, 11) is 4.02. The number of carbonyl (C=O) groups is 1. The Morgan fingerprint density at radius 2 is 1.87 bits per heavy atom. The number of hydrogen-bond donors (Lipinski definition) is 2. The van der Waals surface area contributed by atoms with Gasteiger partial charge in [0.25, 0.3) is 0 Å². The normalized spacial score (nSPS) is 23.3. The third-order valence-electron chi connectivity index (χ3n) is 4.54. The first-order valence-corrected chi connectivity index (χ1v) is 11.3. The van der Waals surface area contributed by atoms with E-state index in [2.05, 4.69) is 15.1 Å². The molecule has 2 N–H and O–H groups in total. The lowest BCUT2D eigenvalue weighted by atomic mass is 10.1. The van der Waals surface area contributed by atoms with E-state index in [9.17, 15) is 4.79 Å². The van der Waals surface area contributed by atoms with Crippen LogP contribution in [0.2, 0.25) is 0 Å². The molecule has 2 aliphatic heterocycles. The first kappa shape index (κ1) is 19.4. The van der Waals surface area contributed by atoms with E-state index in [0.29, 0.717) is 6.42 Å². The fourth-order valence-electron chi connectivity index (χ4n) is 3.04. The number of amides is 1. The van der Waals surface area contributed by atoms with E-state index < -0.39 is 0 Å². The van der Waals surface area contributed by atoms with Crippen LogP contribution in [0.5, 0.6) is 0 Å². The highest BCUT2D eigenvalue weighted by Crippen LogP contribution is 2.39. The lowest BCUT2D eigenvalue weighted by Crippen LogP contribution is -2.49. The summed E-state index contributed by atoms with van der Waals surface area (Å²) in [6.07, 6.45) is 5.48. The molecule has 2 rings (SSSR count). The standard InChI is InChI=1S/C16H31N3O2S2/c20-13-12-19-10-8-18(9-11-19)7-6-17-16(21)4-2-1-3-15-5-14-22-23-15/h15,20H,1-14H2,(H,17,21). The topological polar surface area (TPSA) is 55.8 Å². The fourth-order valence-corrected chi connectivity index (χ4v) is 6.07. The molecule has 2 saturated heterocycles. The van der Waals surface area contributed by atoms with Gasteiger partial charge >= 0.3 is 0 Å². The summed E-state index contributed by atoms with van der Waals surface area (Å²) in [5.41, 5.74) is 0. The number of hydrogen-bond acceptors (Lipinski definition) is 6. The molecule has 0 aliphatic carbocycles. The highest BCUT2D eigenvalue weighted by molar-refractivity contribution is 8.77. The molecule has 0 aromatic rings. The summed E-state index contributed by atoms with van der Waals surface area (Å²) in [6, 6.07) is 0. The maximum Gasteiger partial charge on any atom is 0.220 e. The van der Waals surface area contributed by atoms with Crippen LogP contribution in [0.4, 0.5) is 0 Å². The van der Waals surface area contributed by atoms with Crippen molar-refractivity contribution in [2.75, 3.05) is 58.2 Å². The molecule has 0 aromatic heterocycles. The van der Waals surface area contributed by atoms with E-state index in [1.807, 2.05) is 21.6 Å². The minimum absolute atomic E-state index is 0.206. The lowest BCUT2D eigenvalue weighted by molar-refractivity contribution is -0.121. The molecule has 5 nitrogen and oxygen atoms in total. The van der Waals surface area contributed by atoms with E-state index >= 15 is 0 Å². The average Bonchev–Trinajstić information content (AvgIpc) is 3.07. The van der Waals surface area contributed by atoms with Crippen LogP contribution in [0, 0.1) is 0 Å². The Hall–Kier alpha value is 0.0500. The Morgan fingerprint density at radius 1 is 1.13 bits per heavy atom. The van der Waals surface area contributed by atoms with Gasteiger partial charge in [-0.1, -0.05) is 28.0 Å². The zero-order valence-corrected chi connectivity index (χ0v) is 15.7. The van der Waals surface area contributed by atoms with Gasteiger partial charge in [-0.25, -0.2) is 0 Å². The van der Waals surface area contributed by atoms with E-state index in [-0.39, 0.29) is 12.5 Å². The molecule has 0 radical (unpaired) electrons. The number of unbranched alkanes of at least 4 members (excludes halogenated alkanes) is 1. The summed E-state index contributed by atoms with van der Waals surface area (Å²) in [4.78, 5) is 16.5. The predicted octanol–water partition coefficient (Wildman–Crippen LogP) is 1.43. The molecule has 0 spiro atoms. The summed E-state index contributed by atoms with van der Waals surface area (Å²) in [5, 5.41) is 12.8. The molecular formula is C16H31N3O2S2. The second kappa shape index (κ2) is 11.6. The van der Waals surface area contributed by atoms with Gasteiger partial charge in [0, 0.05) is 63.2 Å². The number of piperazine rings is 1. The van der Waals surface area contributed by atoms with Gasteiger partial charge in [0.15, 0.2) is 0 Å². The molecule has 2 fully saturated rings. The van der Waals surface area contributed by atoms with E-state index in [0.717, 1.165) is 57.5 Å². The number of nitrogens with zero attached hydrogens (tertiary/aromatic N) is 2. The Morgan fingerprint density at radius 3 is 2.52 bits per heavy atom. The highest BCUT2D eigenvalue weighted by Gasteiger charge is 2.17. The van der Waals surface area contributed by atoms with Crippen molar-refractivity contribution in [3.05, 3.63) is 0 Å². The molecule has 0 saturated carbocycles. The monoisotopic (exact) mass is 361 g/mol. The number of β-amino-alcohol motifs (C(OH)–C–C–N with tert-alkyl or cyclic N) is 1. The minimum Gasteiger partial charge on any atom is -0.395 e. The van der Waals surface area contributed by atoms with Crippen LogP contribution in [0.3, 0.4) is 0 Å². The van der Waals surface area contributed by atoms with Crippen LogP contribution in [0.25, 0.3) is 0 Å². The third-order valence-corrected chi connectivity index (χ3v) is 7.55. The van der Waals surface area contributed by atoms with E-state index in [4.69, 9.17) is 5.11 Å². The van der Waals surface area contributed by atoms with Crippen molar-refractivity contribution < 1.29 is 9.90 Å². The van der Waals surface area contributed by atoms with Gasteiger partial charge in [-0.15, -0.1) is 0 Å². The van der Waals surface area contributed by atoms with Crippen molar-refractivity contribution in [3.63, 3.8) is 0 Å². The molecule has 1 atom stereocenters. The Kier molecular flexibility index (Phi) is 9.75. The van der Waals surface area contributed by atoms with Crippen LogP contribution in [-0.4, -0.2) is 84.2 Å². The minimum atomic E-state index is 0.206. The smallest absolute Gasteiger partial charge is 0.220 e. The van der Waals surface area contributed by atoms with Gasteiger partial charge < -0.3 is 10.4 Å². The molecule has 134 valence electrons. The van der Waals surface area contributed by atoms with Crippen molar-refractivity contribution in [3.8, 4) is 0 Å². The van der Waals surface area contributed by atoms with Crippen LogP contribution in [-0.2, 0) is 4.79 Å². The molecule has 0 bridgehead atoms. The second-order valence-electron chi connectivity index (χ2n) is 6.33. The largest absolute Gasteiger partial charge is 0.395 e. The van der Waals surface area contributed by atoms with Gasteiger partial charge in [0.1, 0.15) is 0 Å². The van der Waals surface area contributed by atoms with Gasteiger partial charge in [0.2, 0.25) is 5.91 Å². The average molecular weight is 362 g/mol. The van der Waals surface area contributed by atoms with E-state index in [1.165, 1.54) is 25.0 Å². The van der Waals surface area contributed by atoms with Gasteiger partial charge in [-0.2, -0.15) is 0 Å². The zero-order chi connectivity index (χ0) is 16.3. The molecule has 2 heterocycles. The molecule has 7 heteroatoms. The summed E-state index contributed by atoms with van der Waals surface area (Å²) >= 11 is 0. The quantitative estimate of drug-likeness (QED) is 0.453. The Labute approximate surface area is 148 Å². The first-order chi connectivity index (χ1) is 11.3. The molecule has 1 amide bonds. The van der Waals surface area contributed by atoms with Crippen LogP contribution in [0.1, 0.15) is 32.1 Å². The van der Waals surface area contributed by atoms with Crippen molar-refractivity contribution >= 4 is 27.5 Å². The van der Waals surface area contributed by atoms with Crippen molar-refractivity contribution in [1.82, 2.24) is 15.1 Å². The fraction of sp³-hybridized carbons (Fsp3) is 0.938. The molecule has 0 aromatic carbocycles. The van der Waals surface area contributed by atoms with Gasteiger partial charge in [-0.3, -0.25) is 14.6 Å². The van der Waals surface area contributed by atoms with Crippen LogP contribution in [0.15, 0.2) is 0 Å². The summed E-state index contributed by atoms with van der Waals surface area (Å²) in [5.74, 6) is 1.50. The van der Waals surface area contributed by atoms with E-state index in [1.54, 1.807) is 0 Å². The third kappa shape index (κ3) is 8.12. The number of rotatable bonds is 10. The second-order valence-corrected chi connectivity index (χ2v) is 9.12.